The van der Waals surface area contributed by atoms with Crippen molar-refractivity contribution in [2.24, 2.45) is 5.92 Å². The monoisotopic (exact) mass is 493 g/mol. The molecule has 1 aromatic carbocycles. The van der Waals surface area contributed by atoms with Crippen LogP contribution in [0.2, 0.25) is 0 Å². The third-order valence-corrected chi connectivity index (χ3v) is 7.78. The number of thioether (sulfide) groups is 1. The van der Waals surface area contributed by atoms with Crippen molar-refractivity contribution in [1.82, 2.24) is 24.6 Å². The van der Waals surface area contributed by atoms with E-state index >= 15 is 0 Å². The fourth-order valence-corrected chi connectivity index (χ4v) is 5.70. The number of amides is 2. The van der Waals surface area contributed by atoms with Crippen LogP contribution in [0.25, 0.3) is 11.6 Å². The van der Waals surface area contributed by atoms with Gasteiger partial charge in [-0.2, -0.15) is 0 Å². The van der Waals surface area contributed by atoms with E-state index in [0.29, 0.717) is 36.4 Å². The Morgan fingerprint density at radius 3 is 2.40 bits per heavy atom. The smallest absolute Gasteiger partial charge is 0.233 e. The summed E-state index contributed by atoms with van der Waals surface area (Å²) in [5, 5.41) is 9.40. The number of likely N-dealkylation sites (tertiary alicyclic amines) is 2. The van der Waals surface area contributed by atoms with E-state index in [1.54, 1.807) is 6.26 Å². The van der Waals surface area contributed by atoms with E-state index in [1.807, 2.05) is 44.7 Å². The summed E-state index contributed by atoms with van der Waals surface area (Å²) < 4.78 is 7.56. The summed E-state index contributed by atoms with van der Waals surface area (Å²) in [6.07, 6.45) is 6.55. The number of furan rings is 1. The van der Waals surface area contributed by atoms with Crippen LogP contribution in [0.3, 0.4) is 0 Å². The fraction of sp³-hybridized carbons (Fsp3) is 0.462. The standard InChI is InChI=1S/C26H31N5O3S/c32-23(29-15-11-21(12-16-29)25(33)30-13-5-2-6-14-30)19-35-26-28-27-24(22-10-7-17-34-22)31(26)18-20-8-3-1-4-9-20/h1,3-4,7-10,17,21H,2,5-6,11-16,18-19H2. The Balaban J connectivity index is 1.19. The molecule has 0 unspecified atom stereocenters. The van der Waals surface area contributed by atoms with Gasteiger partial charge in [-0.05, 0) is 49.8 Å². The molecule has 0 aliphatic carbocycles. The van der Waals surface area contributed by atoms with Crippen LogP contribution in [-0.2, 0) is 16.1 Å². The summed E-state index contributed by atoms with van der Waals surface area (Å²) >= 11 is 1.40. The number of hydrogen-bond acceptors (Lipinski definition) is 6. The van der Waals surface area contributed by atoms with Gasteiger partial charge in [0.15, 0.2) is 10.9 Å². The Hall–Kier alpha value is -3.07. The van der Waals surface area contributed by atoms with E-state index in [0.717, 1.165) is 44.3 Å². The highest BCUT2D eigenvalue weighted by atomic mass is 32.2. The predicted molar refractivity (Wildman–Crippen MR) is 134 cm³/mol. The third-order valence-electron chi connectivity index (χ3n) is 6.83. The topological polar surface area (TPSA) is 84.5 Å². The Bertz CT molecular complexity index is 1120. The Labute approximate surface area is 209 Å². The molecular weight excluding hydrogens is 462 g/mol. The van der Waals surface area contributed by atoms with Gasteiger partial charge < -0.3 is 14.2 Å². The number of carbonyl (C=O) groups excluding carboxylic acids is 2. The van der Waals surface area contributed by atoms with Crippen LogP contribution in [0.1, 0.15) is 37.7 Å². The van der Waals surface area contributed by atoms with E-state index in [4.69, 9.17) is 4.42 Å². The zero-order valence-corrected chi connectivity index (χ0v) is 20.7. The molecule has 0 bridgehead atoms. The minimum absolute atomic E-state index is 0.0506. The van der Waals surface area contributed by atoms with Crippen molar-refractivity contribution in [3.05, 3.63) is 54.3 Å². The Morgan fingerprint density at radius 2 is 1.69 bits per heavy atom. The largest absolute Gasteiger partial charge is 0.461 e. The minimum atomic E-state index is 0.0506. The number of aromatic nitrogens is 3. The van der Waals surface area contributed by atoms with Crippen molar-refractivity contribution in [1.29, 1.82) is 0 Å². The molecule has 0 atom stereocenters. The van der Waals surface area contributed by atoms with Gasteiger partial charge in [0.25, 0.3) is 0 Å². The van der Waals surface area contributed by atoms with E-state index in [-0.39, 0.29) is 23.5 Å². The summed E-state index contributed by atoms with van der Waals surface area (Å²) in [5.41, 5.74) is 1.12. The molecule has 3 aromatic rings. The zero-order chi connectivity index (χ0) is 24.0. The van der Waals surface area contributed by atoms with Gasteiger partial charge in [-0.15, -0.1) is 10.2 Å². The van der Waals surface area contributed by atoms with Gasteiger partial charge >= 0.3 is 0 Å². The van der Waals surface area contributed by atoms with Gasteiger partial charge in [-0.25, -0.2) is 0 Å². The van der Waals surface area contributed by atoms with Crippen LogP contribution < -0.4 is 0 Å². The fourth-order valence-electron chi connectivity index (χ4n) is 4.86. The SMILES string of the molecule is O=C(CSc1nnc(-c2ccco2)n1Cc1ccccc1)N1CCC(C(=O)N2CCCCC2)CC1. The van der Waals surface area contributed by atoms with Crippen molar-refractivity contribution in [2.75, 3.05) is 31.9 Å². The average Bonchev–Trinajstić information content (AvgIpc) is 3.58. The molecule has 2 aromatic heterocycles. The summed E-state index contributed by atoms with van der Waals surface area (Å²) in [6.45, 7) is 3.64. The zero-order valence-electron chi connectivity index (χ0n) is 19.8. The number of hydrogen-bond donors (Lipinski definition) is 0. The summed E-state index contributed by atoms with van der Waals surface area (Å²) in [7, 11) is 0. The third kappa shape index (κ3) is 5.61. The van der Waals surface area contributed by atoms with Crippen LogP contribution in [0.15, 0.2) is 58.3 Å². The molecule has 5 rings (SSSR count). The van der Waals surface area contributed by atoms with E-state index in [9.17, 15) is 9.59 Å². The minimum Gasteiger partial charge on any atom is -0.461 e. The maximum Gasteiger partial charge on any atom is 0.233 e. The normalized spacial score (nSPS) is 17.0. The summed E-state index contributed by atoms with van der Waals surface area (Å²) in [4.78, 5) is 29.7. The lowest BCUT2D eigenvalue weighted by atomic mass is 9.94. The van der Waals surface area contributed by atoms with Gasteiger partial charge in [0.1, 0.15) is 0 Å². The predicted octanol–water partition coefficient (Wildman–Crippen LogP) is 3.93. The molecule has 184 valence electrons. The lowest BCUT2D eigenvalue weighted by molar-refractivity contribution is -0.140. The van der Waals surface area contributed by atoms with Crippen molar-refractivity contribution < 1.29 is 14.0 Å². The second-order valence-corrected chi connectivity index (χ2v) is 10.1. The highest BCUT2D eigenvalue weighted by Crippen LogP contribution is 2.27. The Morgan fingerprint density at radius 1 is 0.914 bits per heavy atom. The van der Waals surface area contributed by atoms with Crippen molar-refractivity contribution in [3.63, 3.8) is 0 Å². The number of nitrogens with zero attached hydrogens (tertiary/aromatic N) is 5. The second kappa shape index (κ2) is 11.1. The highest BCUT2D eigenvalue weighted by molar-refractivity contribution is 7.99. The molecule has 4 heterocycles. The van der Waals surface area contributed by atoms with Gasteiger partial charge in [0, 0.05) is 32.1 Å². The first-order valence-corrected chi connectivity index (χ1v) is 13.4. The maximum absolute atomic E-state index is 13.0. The second-order valence-electron chi connectivity index (χ2n) is 9.18. The lowest BCUT2D eigenvalue weighted by Crippen LogP contribution is -2.46. The lowest BCUT2D eigenvalue weighted by Gasteiger charge is -2.35. The first kappa shape index (κ1) is 23.7. The Kier molecular flexibility index (Phi) is 7.51. The highest BCUT2D eigenvalue weighted by Gasteiger charge is 2.31. The van der Waals surface area contributed by atoms with E-state index in [1.165, 1.54) is 18.2 Å². The van der Waals surface area contributed by atoms with Gasteiger partial charge in [-0.3, -0.25) is 14.2 Å². The number of benzene rings is 1. The summed E-state index contributed by atoms with van der Waals surface area (Å²) in [6, 6.07) is 13.8. The molecule has 0 saturated carbocycles. The van der Waals surface area contributed by atoms with Crippen molar-refractivity contribution in [2.45, 2.75) is 43.8 Å². The van der Waals surface area contributed by atoms with Crippen LogP contribution in [0.4, 0.5) is 0 Å². The molecule has 9 heteroatoms. The first-order chi connectivity index (χ1) is 17.2. The summed E-state index contributed by atoms with van der Waals surface area (Å²) in [5.74, 6) is 1.99. The number of rotatable bonds is 7. The van der Waals surface area contributed by atoms with E-state index in [2.05, 4.69) is 22.3 Å². The molecule has 2 aliphatic rings. The molecule has 2 aliphatic heterocycles. The van der Waals surface area contributed by atoms with Gasteiger partial charge in [0.2, 0.25) is 17.6 Å². The molecule has 0 radical (unpaired) electrons. The molecule has 2 fully saturated rings. The molecule has 2 amide bonds. The number of piperidine rings is 2. The van der Waals surface area contributed by atoms with Gasteiger partial charge in [-0.1, -0.05) is 42.1 Å². The van der Waals surface area contributed by atoms with Crippen LogP contribution in [-0.4, -0.2) is 68.3 Å². The van der Waals surface area contributed by atoms with Crippen molar-refractivity contribution in [3.8, 4) is 11.6 Å². The molecule has 2 saturated heterocycles. The molecular formula is C26H31N5O3S. The number of carbonyl (C=O) groups is 2. The van der Waals surface area contributed by atoms with Crippen LogP contribution in [0, 0.1) is 5.92 Å². The molecule has 35 heavy (non-hydrogen) atoms. The quantitative estimate of drug-likeness (QED) is 0.464. The van der Waals surface area contributed by atoms with Crippen molar-refractivity contribution >= 4 is 23.6 Å². The van der Waals surface area contributed by atoms with E-state index < -0.39 is 0 Å². The van der Waals surface area contributed by atoms with Crippen LogP contribution >= 0.6 is 11.8 Å². The maximum atomic E-state index is 13.0. The first-order valence-electron chi connectivity index (χ1n) is 12.4. The average molecular weight is 494 g/mol. The molecule has 0 spiro atoms. The van der Waals surface area contributed by atoms with Gasteiger partial charge in [0.05, 0.1) is 18.6 Å². The van der Waals surface area contributed by atoms with Crippen LogP contribution in [0.5, 0.6) is 0 Å². The molecule has 8 nitrogen and oxygen atoms in total. The molecule has 0 N–H and O–H groups in total.